The maximum absolute atomic E-state index is 13.8. The number of halogens is 3. The molecule has 2 nitrogen and oxygen atoms in total. The molecule has 0 saturated heterocycles. The Balaban J connectivity index is 2.70. The fourth-order valence-corrected chi connectivity index (χ4v) is 2.17. The molecule has 2 aromatic carbocycles. The Morgan fingerprint density at radius 1 is 1.17 bits per heavy atom. The molecule has 1 N–H and O–H groups in total. The summed E-state index contributed by atoms with van der Waals surface area (Å²) in [6.45, 7) is 0. The molecule has 0 atom stereocenters. The number of hydrogen-bond acceptors (Lipinski definition) is 1. The van der Waals surface area contributed by atoms with E-state index in [0.29, 0.717) is 15.1 Å². The van der Waals surface area contributed by atoms with Crippen LogP contribution in [-0.4, -0.2) is 11.1 Å². The summed E-state index contributed by atoms with van der Waals surface area (Å²) in [5.74, 6) is -1.63. The van der Waals surface area contributed by atoms with Crippen LogP contribution in [0.5, 0.6) is 0 Å². The average Bonchev–Trinajstić information content (AvgIpc) is 2.32. The topological polar surface area (TPSA) is 37.3 Å². The van der Waals surface area contributed by atoms with Crippen LogP contribution >= 0.6 is 27.5 Å². The third-order valence-corrected chi connectivity index (χ3v) is 3.16. The van der Waals surface area contributed by atoms with Gasteiger partial charge in [-0.15, -0.1) is 0 Å². The highest BCUT2D eigenvalue weighted by molar-refractivity contribution is 9.10. The molecule has 0 unspecified atom stereocenters. The van der Waals surface area contributed by atoms with Crippen LogP contribution in [0.3, 0.4) is 0 Å². The highest BCUT2D eigenvalue weighted by Gasteiger charge is 2.15. The van der Waals surface area contributed by atoms with Gasteiger partial charge in [-0.25, -0.2) is 9.18 Å². The van der Waals surface area contributed by atoms with Crippen LogP contribution in [0.25, 0.3) is 11.1 Å². The van der Waals surface area contributed by atoms with Crippen LogP contribution < -0.4 is 0 Å². The molecular weight excluding hydrogens is 322 g/mol. The van der Waals surface area contributed by atoms with Gasteiger partial charge < -0.3 is 5.11 Å². The molecule has 0 bridgehead atoms. The molecule has 0 fully saturated rings. The van der Waals surface area contributed by atoms with Crippen molar-refractivity contribution in [2.45, 2.75) is 0 Å². The zero-order chi connectivity index (χ0) is 13.3. The van der Waals surface area contributed by atoms with E-state index in [4.69, 9.17) is 16.7 Å². The number of carboxylic acids is 1. The van der Waals surface area contributed by atoms with Crippen molar-refractivity contribution in [2.75, 3.05) is 0 Å². The van der Waals surface area contributed by atoms with E-state index in [-0.39, 0.29) is 11.1 Å². The average molecular weight is 330 g/mol. The Morgan fingerprint density at radius 3 is 2.56 bits per heavy atom. The van der Waals surface area contributed by atoms with Crippen LogP contribution in [-0.2, 0) is 0 Å². The maximum Gasteiger partial charge on any atom is 0.336 e. The second-order valence-corrected chi connectivity index (χ2v) is 4.97. The molecule has 5 heteroatoms. The molecule has 0 aliphatic carbocycles. The SMILES string of the molecule is O=C(O)c1cc(Cl)ccc1-c1cc(Br)ccc1F. The molecule has 0 spiro atoms. The molecule has 0 aromatic heterocycles. The van der Waals surface area contributed by atoms with Crippen molar-refractivity contribution >= 4 is 33.5 Å². The summed E-state index contributed by atoms with van der Waals surface area (Å²) < 4.78 is 14.4. The predicted octanol–water partition coefficient (Wildman–Crippen LogP) is 4.61. The lowest BCUT2D eigenvalue weighted by molar-refractivity contribution is 0.0697. The van der Waals surface area contributed by atoms with Gasteiger partial charge in [0, 0.05) is 15.1 Å². The molecule has 92 valence electrons. The fourth-order valence-electron chi connectivity index (χ4n) is 1.63. The molecular formula is C13H7BrClFO2. The van der Waals surface area contributed by atoms with Crippen LogP contribution in [0.2, 0.25) is 5.02 Å². The summed E-state index contributed by atoms with van der Waals surface area (Å²) in [5.41, 5.74) is 0.489. The van der Waals surface area contributed by atoms with Gasteiger partial charge in [0.1, 0.15) is 5.82 Å². The van der Waals surface area contributed by atoms with E-state index in [2.05, 4.69) is 15.9 Å². The lowest BCUT2D eigenvalue weighted by Gasteiger charge is -2.08. The number of carboxylic acid groups (broad SMARTS) is 1. The van der Waals surface area contributed by atoms with E-state index in [1.807, 2.05) is 0 Å². The molecule has 2 aromatic rings. The summed E-state index contributed by atoms with van der Waals surface area (Å²) in [6, 6.07) is 8.69. The summed E-state index contributed by atoms with van der Waals surface area (Å²) in [7, 11) is 0. The Bertz CT molecular complexity index is 628. The van der Waals surface area contributed by atoms with E-state index >= 15 is 0 Å². The number of hydrogen-bond donors (Lipinski definition) is 1. The zero-order valence-corrected chi connectivity index (χ0v) is 11.3. The molecule has 0 saturated carbocycles. The third-order valence-electron chi connectivity index (χ3n) is 2.43. The minimum absolute atomic E-state index is 0.0282. The lowest BCUT2D eigenvalue weighted by atomic mass is 9.99. The van der Waals surface area contributed by atoms with E-state index in [1.54, 1.807) is 6.07 Å². The van der Waals surface area contributed by atoms with Gasteiger partial charge in [0.2, 0.25) is 0 Å². The number of benzene rings is 2. The molecule has 18 heavy (non-hydrogen) atoms. The smallest absolute Gasteiger partial charge is 0.336 e. The monoisotopic (exact) mass is 328 g/mol. The van der Waals surface area contributed by atoms with Gasteiger partial charge in [0.05, 0.1) is 5.56 Å². The van der Waals surface area contributed by atoms with Crippen molar-refractivity contribution in [2.24, 2.45) is 0 Å². The standard InChI is InChI=1S/C13H7BrClFO2/c14-7-1-4-12(16)10(5-7)9-3-2-8(15)6-11(9)13(17)18/h1-6H,(H,17,18). The van der Waals surface area contributed by atoms with Gasteiger partial charge in [-0.05, 0) is 35.9 Å². The van der Waals surface area contributed by atoms with Crippen molar-refractivity contribution in [1.82, 2.24) is 0 Å². The minimum Gasteiger partial charge on any atom is -0.478 e. The molecule has 0 aliphatic rings. The first-order valence-corrected chi connectivity index (χ1v) is 6.14. The van der Waals surface area contributed by atoms with Crippen molar-refractivity contribution < 1.29 is 14.3 Å². The van der Waals surface area contributed by atoms with E-state index in [1.165, 1.54) is 30.3 Å². The van der Waals surface area contributed by atoms with Gasteiger partial charge in [0.15, 0.2) is 0 Å². The van der Waals surface area contributed by atoms with Crippen molar-refractivity contribution in [3.63, 3.8) is 0 Å². The highest BCUT2D eigenvalue weighted by atomic mass is 79.9. The largest absolute Gasteiger partial charge is 0.478 e. The quantitative estimate of drug-likeness (QED) is 0.874. The van der Waals surface area contributed by atoms with Crippen molar-refractivity contribution in [1.29, 1.82) is 0 Å². The number of aromatic carboxylic acids is 1. The molecule has 0 radical (unpaired) electrons. The van der Waals surface area contributed by atoms with Crippen LogP contribution in [0.15, 0.2) is 40.9 Å². The summed E-state index contributed by atoms with van der Waals surface area (Å²) in [5, 5.41) is 9.42. The van der Waals surface area contributed by atoms with Crippen LogP contribution in [0.4, 0.5) is 4.39 Å². The first kappa shape index (κ1) is 13.1. The molecule has 0 amide bonds. The third kappa shape index (κ3) is 2.54. The molecule has 0 heterocycles. The predicted molar refractivity (Wildman–Crippen MR) is 71.5 cm³/mol. The van der Waals surface area contributed by atoms with Crippen molar-refractivity contribution in [3.8, 4) is 11.1 Å². The second-order valence-electron chi connectivity index (χ2n) is 3.62. The van der Waals surface area contributed by atoms with E-state index < -0.39 is 11.8 Å². The fraction of sp³-hybridized carbons (Fsp3) is 0. The van der Waals surface area contributed by atoms with Crippen LogP contribution in [0, 0.1) is 5.82 Å². The first-order valence-electron chi connectivity index (χ1n) is 4.97. The Hall–Kier alpha value is -1.39. The maximum atomic E-state index is 13.8. The molecule has 0 aliphatic heterocycles. The van der Waals surface area contributed by atoms with E-state index in [9.17, 15) is 9.18 Å². The number of rotatable bonds is 2. The van der Waals surface area contributed by atoms with Gasteiger partial charge in [0.25, 0.3) is 0 Å². The van der Waals surface area contributed by atoms with Gasteiger partial charge in [-0.3, -0.25) is 0 Å². The van der Waals surface area contributed by atoms with Crippen LogP contribution in [0.1, 0.15) is 10.4 Å². The van der Waals surface area contributed by atoms with E-state index in [0.717, 1.165) is 0 Å². The highest BCUT2D eigenvalue weighted by Crippen LogP contribution is 2.30. The summed E-state index contributed by atoms with van der Waals surface area (Å²) >= 11 is 8.98. The Morgan fingerprint density at radius 2 is 1.89 bits per heavy atom. The Labute approximate surface area is 116 Å². The van der Waals surface area contributed by atoms with Gasteiger partial charge >= 0.3 is 5.97 Å². The molecule has 2 rings (SSSR count). The summed E-state index contributed by atoms with van der Waals surface area (Å²) in [6.07, 6.45) is 0. The summed E-state index contributed by atoms with van der Waals surface area (Å²) in [4.78, 5) is 11.2. The Kier molecular flexibility index (Phi) is 3.68. The first-order chi connectivity index (χ1) is 8.49. The minimum atomic E-state index is -1.15. The lowest BCUT2D eigenvalue weighted by Crippen LogP contribution is -2.00. The van der Waals surface area contributed by atoms with Gasteiger partial charge in [-0.2, -0.15) is 0 Å². The zero-order valence-electron chi connectivity index (χ0n) is 8.95. The normalized spacial score (nSPS) is 10.4. The van der Waals surface area contributed by atoms with Gasteiger partial charge in [-0.1, -0.05) is 33.6 Å². The number of carbonyl (C=O) groups is 1. The van der Waals surface area contributed by atoms with Crippen molar-refractivity contribution in [3.05, 3.63) is 57.3 Å². The second kappa shape index (κ2) is 5.08.